The molecule has 0 saturated heterocycles. The summed E-state index contributed by atoms with van der Waals surface area (Å²) < 4.78 is 5.79. The lowest BCUT2D eigenvalue weighted by atomic mass is 9.64. The second kappa shape index (κ2) is 7.02. The smallest absolute Gasteiger partial charge is 0.333 e. The zero-order chi connectivity index (χ0) is 17.3. The fourth-order valence-corrected chi connectivity index (χ4v) is 4.55. The highest BCUT2D eigenvalue weighted by atomic mass is 16.5. The minimum absolute atomic E-state index is 0.00633. The first kappa shape index (κ1) is 18.0. The molecule has 2 aliphatic rings. The summed E-state index contributed by atoms with van der Waals surface area (Å²) in [6.45, 7) is 14.0. The molecule has 2 rings (SSSR count). The van der Waals surface area contributed by atoms with E-state index in [2.05, 4.69) is 20.4 Å². The van der Waals surface area contributed by atoms with Crippen LogP contribution in [0, 0.1) is 29.6 Å². The zero-order valence-electron chi connectivity index (χ0n) is 15.1. The minimum atomic E-state index is -0.264. The average Bonchev–Trinajstić information content (AvgIpc) is 2.86. The summed E-state index contributed by atoms with van der Waals surface area (Å²) in [5.41, 5.74) is 1.78. The molecule has 2 aliphatic carbocycles. The number of allylic oxidation sites excluding steroid dienone is 1. The van der Waals surface area contributed by atoms with E-state index in [0.29, 0.717) is 23.8 Å². The molecule has 0 spiro atoms. The first-order valence-electron chi connectivity index (χ1n) is 8.79. The van der Waals surface area contributed by atoms with Gasteiger partial charge in [-0.05, 0) is 57.8 Å². The molecule has 0 aromatic carbocycles. The highest BCUT2D eigenvalue weighted by Crippen LogP contribution is 2.54. The molecule has 128 valence electrons. The van der Waals surface area contributed by atoms with E-state index in [4.69, 9.17) is 4.74 Å². The maximum Gasteiger partial charge on any atom is 0.333 e. The molecule has 0 bridgehead atoms. The summed E-state index contributed by atoms with van der Waals surface area (Å²) in [7, 11) is 0. The van der Waals surface area contributed by atoms with Crippen LogP contribution in [-0.4, -0.2) is 17.9 Å². The predicted octanol–water partition coefficient (Wildman–Crippen LogP) is 4.33. The van der Waals surface area contributed by atoms with Crippen LogP contribution in [0.4, 0.5) is 0 Å². The molecule has 0 N–H and O–H groups in total. The monoisotopic (exact) mass is 318 g/mol. The zero-order valence-corrected chi connectivity index (χ0v) is 15.1. The van der Waals surface area contributed by atoms with E-state index >= 15 is 0 Å². The second-order valence-corrected chi connectivity index (χ2v) is 7.58. The standard InChI is InChI=1S/C20H30O3/c1-7-12(4)20(22)23-17-10-16(14(6)21)19-15(11(2)3)9-8-13(5)18(17)19/h7,11,15-19H,5,8-10H2,1-4,6H3. The molecule has 5 unspecified atom stereocenters. The van der Waals surface area contributed by atoms with Crippen LogP contribution in [0.25, 0.3) is 0 Å². The molecule has 3 heteroatoms. The van der Waals surface area contributed by atoms with Crippen LogP contribution in [-0.2, 0) is 14.3 Å². The number of rotatable bonds is 4. The molecule has 0 radical (unpaired) electrons. The number of carbonyl (C=O) groups is 2. The van der Waals surface area contributed by atoms with Crippen LogP contribution >= 0.6 is 0 Å². The average molecular weight is 318 g/mol. The second-order valence-electron chi connectivity index (χ2n) is 7.58. The third-order valence-corrected chi connectivity index (χ3v) is 5.92. The molecule has 2 fully saturated rings. The number of esters is 1. The lowest BCUT2D eigenvalue weighted by molar-refractivity contribution is -0.146. The van der Waals surface area contributed by atoms with E-state index in [0.717, 1.165) is 18.4 Å². The summed E-state index contributed by atoms with van der Waals surface area (Å²) in [6, 6.07) is 0. The molecular weight excluding hydrogens is 288 g/mol. The third kappa shape index (κ3) is 3.44. The highest BCUT2D eigenvalue weighted by Gasteiger charge is 2.53. The van der Waals surface area contributed by atoms with Gasteiger partial charge in [0.1, 0.15) is 11.9 Å². The van der Waals surface area contributed by atoms with Gasteiger partial charge in [-0.3, -0.25) is 4.79 Å². The molecule has 23 heavy (non-hydrogen) atoms. The molecule has 0 amide bonds. The Balaban J connectivity index is 2.30. The van der Waals surface area contributed by atoms with Crippen molar-refractivity contribution in [2.75, 3.05) is 0 Å². The van der Waals surface area contributed by atoms with Gasteiger partial charge in [0.2, 0.25) is 0 Å². The van der Waals surface area contributed by atoms with Gasteiger partial charge >= 0.3 is 5.97 Å². The molecule has 0 heterocycles. The number of hydrogen-bond acceptors (Lipinski definition) is 3. The van der Waals surface area contributed by atoms with E-state index in [9.17, 15) is 9.59 Å². The number of ketones is 1. The van der Waals surface area contributed by atoms with Gasteiger partial charge in [0.25, 0.3) is 0 Å². The van der Waals surface area contributed by atoms with Gasteiger partial charge in [-0.1, -0.05) is 32.1 Å². The third-order valence-electron chi connectivity index (χ3n) is 5.92. The first-order valence-corrected chi connectivity index (χ1v) is 8.79. The van der Waals surface area contributed by atoms with Crippen molar-refractivity contribution >= 4 is 11.8 Å². The van der Waals surface area contributed by atoms with Gasteiger partial charge in [0.05, 0.1) is 0 Å². The fraction of sp³-hybridized carbons (Fsp3) is 0.700. The van der Waals surface area contributed by atoms with Crippen molar-refractivity contribution in [3.63, 3.8) is 0 Å². The molecular formula is C20H30O3. The Hall–Kier alpha value is -1.38. The maximum absolute atomic E-state index is 12.2. The molecule has 0 aromatic rings. The van der Waals surface area contributed by atoms with Gasteiger partial charge in [-0.15, -0.1) is 0 Å². The van der Waals surface area contributed by atoms with Gasteiger partial charge in [-0.2, -0.15) is 0 Å². The molecule has 5 atom stereocenters. The van der Waals surface area contributed by atoms with Crippen molar-refractivity contribution in [2.24, 2.45) is 29.6 Å². The quantitative estimate of drug-likeness (QED) is 0.440. The van der Waals surface area contributed by atoms with Crippen molar-refractivity contribution < 1.29 is 14.3 Å². The number of Topliss-reactive ketones (excluding diaryl/α,β-unsaturated/α-hetero) is 1. The van der Waals surface area contributed by atoms with Crippen molar-refractivity contribution in [3.8, 4) is 0 Å². The van der Waals surface area contributed by atoms with E-state index in [-0.39, 0.29) is 35.6 Å². The van der Waals surface area contributed by atoms with E-state index < -0.39 is 0 Å². The van der Waals surface area contributed by atoms with Gasteiger partial charge in [0.15, 0.2) is 0 Å². The Morgan fingerprint density at radius 2 is 1.96 bits per heavy atom. The summed E-state index contributed by atoms with van der Waals surface area (Å²) in [6.07, 6.45) is 4.28. The van der Waals surface area contributed by atoms with Crippen molar-refractivity contribution in [1.82, 2.24) is 0 Å². The first-order chi connectivity index (χ1) is 10.8. The number of carbonyl (C=O) groups excluding carboxylic acids is 2. The van der Waals surface area contributed by atoms with Crippen LogP contribution in [0.2, 0.25) is 0 Å². The van der Waals surface area contributed by atoms with E-state index in [1.165, 1.54) is 0 Å². The lowest BCUT2D eigenvalue weighted by Crippen LogP contribution is -2.37. The normalized spacial score (nSPS) is 34.4. The van der Waals surface area contributed by atoms with Crippen molar-refractivity contribution in [3.05, 3.63) is 23.8 Å². The van der Waals surface area contributed by atoms with Gasteiger partial charge in [-0.25, -0.2) is 4.79 Å². The highest BCUT2D eigenvalue weighted by molar-refractivity contribution is 5.88. The Morgan fingerprint density at radius 1 is 1.30 bits per heavy atom. The fourth-order valence-electron chi connectivity index (χ4n) is 4.55. The van der Waals surface area contributed by atoms with E-state index in [1.807, 2.05) is 6.92 Å². The number of fused-ring (bicyclic) bond motifs is 1. The Labute approximate surface area is 140 Å². The molecule has 3 nitrogen and oxygen atoms in total. The van der Waals surface area contributed by atoms with Crippen LogP contribution in [0.5, 0.6) is 0 Å². The predicted molar refractivity (Wildman–Crippen MR) is 91.8 cm³/mol. The van der Waals surface area contributed by atoms with Crippen LogP contribution < -0.4 is 0 Å². The van der Waals surface area contributed by atoms with Gasteiger partial charge < -0.3 is 4.74 Å². The summed E-state index contributed by atoms with van der Waals surface area (Å²) >= 11 is 0. The summed E-state index contributed by atoms with van der Waals surface area (Å²) in [5.74, 6) is 1.40. The van der Waals surface area contributed by atoms with Crippen LogP contribution in [0.15, 0.2) is 23.8 Å². The largest absolute Gasteiger partial charge is 0.458 e. The Kier molecular flexibility index (Phi) is 5.49. The Bertz CT molecular complexity index is 529. The SMILES string of the molecule is C=C1CCC(C(C)C)C2C(C(C)=O)CC(OC(=O)C(C)=CC)C12. The summed E-state index contributed by atoms with van der Waals surface area (Å²) in [4.78, 5) is 24.4. The lowest BCUT2D eigenvalue weighted by Gasteiger charge is -2.41. The van der Waals surface area contributed by atoms with E-state index in [1.54, 1.807) is 19.9 Å². The van der Waals surface area contributed by atoms with Crippen molar-refractivity contribution in [1.29, 1.82) is 0 Å². The van der Waals surface area contributed by atoms with Crippen LogP contribution in [0.1, 0.15) is 53.9 Å². The molecule has 0 aliphatic heterocycles. The molecule has 2 saturated carbocycles. The summed E-state index contributed by atoms with van der Waals surface area (Å²) in [5, 5.41) is 0. The van der Waals surface area contributed by atoms with Crippen LogP contribution in [0.3, 0.4) is 0 Å². The molecule has 0 aromatic heterocycles. The number of ether oxygens (including phenoxy) is 1. The number of hydrogen-bond donors (Lipinski definition) is 0. The maximum atomic E-state index is 12.2. The Morgan fingerprint density at radius 3 is 2.48 bits per heavy atom. The minimum Gasteiger partial charge on any atom is -0.458 e. The topological polar surface area (TPSA) is 43.4 Å². The van der Waals surface area contributed by atoms with Gasteiger partial charge in [0, 0.05) is 17.4 Å². The van der Waals surface area contributed by atoms with Crippen molar-refractivity contribution in [2.45, 2.75) is 60.0 Å².